The van der Waals surface area contributed by atoms with Crippen molar-refractivity contribution in [2.24, 2.45) is 5.16 Å². The van der Waals surface area contributed by atoms with Crippen LogP contribution < -0.4 is 4.74 Å². The first-order valence-electron chi connectivity index (χ1n) is 5.98. The number of benzene rings is 2. The van der Waals surface area contributed by atoms with Crippen LogP contribution in [0.5, 0.6) is 5.75 Å². The van der Waals surface area contributed by atoms with Gasteiger partial charge in [-0.05, 0) is 22.9 Å². The summed E-state index contributed by atoms with van der Waals surface area (Å²) < 4.78 is 9.96. The Bertz CT molecular complexity index is 664. The monoisotopic (exact) mass is 273 g/mol. The van der Waals surface area contributed by atoms with Gasteiger partial charge in [-0.3, -0.25) is 0 Å². The average molecular weight is 273 g/mol. The Balaban J connectivity index is 2.68. The molecule has 0 spiro atoms. The quantitative estimate of drug-likeness (QED) is 0.487. The van der Waals surface area contributed by atoms with E-state index in [-0.39, 0.29) is 5.71 Å². The molecule has 0 fully saturated rings. The molecular weight excluding hydrogens is 258 g/mol. The molecule has 20 heavy (non-hydrogen) atoms. The number of esters is 1. The number of hydrogen-bond acceptors (Lipinski definition) is 5. The first-order valence-corrected chi connectivity index (χ1v) is 5.98. The lowest BCUT2D eigenvalue weighted by atomic mass is 10.0. The van der Waals surface area contributed by atoms with Crippen LogP contribution in [-0.2, 0) is 14.4 Å². The summed E-state index contributed by atoms with van der Waals surface area (Å²) >= 11 is 0. The van der Waals surface area contributed by atoms with E-state index in [0.717, 1.165) is 10.8 Å². The van der Waals surface area contributed by atoms with Crippen molar-refractivity contribution in [3.8, 4) is 5.75 Å². The number of fused-ring (bicyclic) bond motifs is 1. The van der Waals surface area contributed by atoms with Gasteiger partial charge >= 0.3 is 5.97 Å². The molecule has 0 bridgehead atoms. The molecular formula is C15H15NO4. The third kappa shape index (κ3) is 2.56. The lowest BCUT2D eigenvalue weighted by Gasteiger charge is -2.09. The van der Waals surface area contributed by atoms with Crippen LogP contribution in [0.25, 0.3) is 10.8 Å². The van der Waals surface area contributed by atoms with Gasteiger partial charge in [-0.2, -0.15) is 0 Å². The topological polar surface area (TPSA) is 57.1 Å². The highest BCUT2D eigenvalue weighted by molar-refractivity contribution is 6.45. The Morgan fingerprint density at radius 2 is 1.90 bits per heavy atom. The average Bonchev–Trinajstić information content (AvgIpc) is 2.51. The van der Waals surface area contributed by atoms with E-state index in [1.54, 1.807) is 13.2 Å². The number of oxime groups is 1. The Kier molecular flexibility index (Phi) is 4.20. The second-order valence-electron chi connectivity index (χ2n) is 4.01. The Hall–Kier alpha value is -2.56. The molecule has 0 aliphatic carbocycles. The molecule has 0 saturated carbocycles. The number of hydrogen-bond donors (Lipinski definition) is 0. The van der Waals surface area contributed by atoms with Crippen molar-refractivity contribution in [1.29, 1.82) is 0 Å². The van der Waals surface area contributed by atoms with Gasteiger partial charge in [0, 0.05) is 5.56 Å². The number of carbonyl (C=O) groups excluding carboxylic acids is 1. The van der Waals surface area contributed by atoms with Gasteiger partial charge in [0.25, 0.3) is 0 Å². The van der Waals surface area contributed by atoms with Crippen molar-refractivity contribution < 1.29 is 19.1 Å². The second-order valence-corrected chi connectivity index (χ2v) is 4.01. The normalized spacial score (nSPS) is 11.2. The lowest BCUT2D eigenvalue weighted by Crippen LogP contribution is -2.18. The van der Waals surface area contributed by atoms with Gasteiger partial charge in [0.15, 0.2) is 5.71 Å². The zero-order valence-electron chi connectivity index (χ0n) is 11.5. The molecule has 2 aromatic carbocycles. The highest BCUT2D eigenvalue weighted by Crippen LogP contribution is 2.25. The Morgan fingerprint density at radius 3 is 2.55 bits per heavy atom. The first kappa shape index (κ1) is 13.9. The molecule has 0 heterocycles. The molecule has 104 valence electrons. The maximum atomic E-state index is 11.8. The fourth-order valence-electron chi connectivity index (χ4n) is 1.97. The predicted octanol–water partition coefficient (Wildman–Crippen LogP) is 2.37. The van der Waals surface area contributed by atoms with Crippen LogP contribution in [0.15, 0.2) is 41.6 Å². The molecule has 0 aliphatic heterocycles. The number of methoxy groups -OCH3 is 2. The molecule has 5 heteroatoms. The van der Waals surface area contributed by atoms with Crippen LogP contribution in [-0.4, -0.2) is 33.0 Å². The molecule has 2 aromatic rings. The summed E-state index contributed by atoms with van der Waals surface area (Å²) in [7, 11) is 4.28. The number of nitrogens with zero attached hydrogens (tertiary/aromatic N) is 1. The van der Waals surface area contributed by atoms with Crippen molar-refractivity contribution in [1.82, 2.24) is 0 Å². The third-order valence-electron chi connectivity index (χ3n) is 2.91. The van der Waals surface area contributed by atoms with Gasteiger partial charge in [0.05, 0.1) is 14.2 Å². The van der Waals surface area contributed by atoms with Gasteiger partial charge in [-0.25, -0.2) is 4.79 Å². The van der Waals surface area contributed by atoms with E-state index in [0.29, 0.717) is 11.3 Å². The van der Waals surface area contributed by atoms with Gasteiger partial charge in [0.2, 0.25) is 0 Å². The van der Waals surface area contributed by atoms with Crippen LogP contribution in [0.3, 0.4) is 0 Å². The highest BCUT2D eigenvalue weighted by Gasteiger charge is 2.18. The fraction of sp³-hybridized carbons (Fsp3) is 0.200. The van der Waals surface area contributed by atoms with E-state index < -0.39 is 5.97 Å². The van der Waals surface area contributed by atoms with Gasteiger partial charge < -0.3 is 14.3 Å². The second kappa shape index (κ2) is 6.06. The van der Waals surface area contributed by atoms with Gasteiger partial charge in [-0.1, -0.05) is 29.4 Å². The van der Waals surface area contributed by atoms with Crippen LogP contribution in [0.1, 0.15) is 5.56 Å². The van der Waals surface area contributed by atoms with E-state index in [1.807, 2.05) is 30.3 Å². The van der Waals surface area contributed by atoms with E-state index in [2.05, 4.69) is 5.16 Å². The molecule has 0 amide bonds. The predicted molar refractivity (Wildman–Crippen MR) is 76.1 cm³/mol. The van der Waals surface area contributed by atoms with Crippen molar-refractivity contribution in [2.75, 3.05) is 21.3 Å². The minimum atomic E-state index is -0.554. The van der Waals surface area contributed by atoms with Crippen LogP contribution in [0, 0.1) is 0 Å². The minimum absolute atomic E-state index is 0.119. The SMILES string of the molecule is CON=C(C(=O)OC)c1cccc2ccc(OC)cc12. The molecule has 0 N–H and O–H groups in total. The maximum absolute atomic E-state index is 11.8. The smallest absolute Gasteiger partial charge is 0.360 e. The standard InChI is InChI=1S/C15H15NO4/c1-18-11-8-7-10-5-4-6-12(13(10)9-11)14(16-20-3)15(17)19-2/h4-9H,1-3H3. The largest absolute Gasteiger partial charge is 0.497 e. The van der Waals surface area contributed by atoms with Crippen molar-refractivity contribution in [3.63, 3.8) is 0 Å². The molecule has 5 nitrogen and oxygen atoms in total. The van der Waals surface area contributed by atoms with Gasteiger partial charge in [0.1, 0.15) is 12.9 Å². The van der Waals surface area contributed by atoms with E-state index >= 15 is 0 Å². The van der Waals surface area contributed by atoms with Crippen molar-refractivity contribution >= 4 is 22.5 Å². The summed E-state index contributed by atoms with van der Waals surface area (Å²) in [6, 6.07) is 11.2. The number of rotatable bonds is 4. The molecule has 2 rings (SSSR count). The molecule has 0 radical (unpaired) electrons. The Labute approximate surface area is 116 Å². The number of ether oxygens (including phenoxy) is 2. The molecule has 0 aliphatic rings. The summed E-state index contributed by atoms with van der Waals surface area (Å²) in [5.41, 5.74) is 0.754. The van der Waals surface area contributed by atoms with Crippen LogP contribution in [0.2, 0.25) is 0 Å². The summed E-state index contributed by atoms with van der Waals surface area (Å²) in [6.07, 6.45) is 0. The summed E-state index contributed by atoms with van der Waals surface area (Å²) in [5.74, 6) is 0.147. The van der Waals surface area contributed by atoms with Crippen LogP contribution in [0.4, 0.5) is 0 Å². The van der Waals surface area contributed by atoms with Crippen molar-refractivity contribution in [2.45, 2.75) is 0 Å². The molecule has 0 atom stereocenters. The zero-order chi connectivity index (χ0) is 14.5. The molecule has 0 unspecified atom stereocenters. The maximum Gasteiger partial charge on any atom is 0.360 e. The third-order valence-corrected chi connectivity index (χ3v) is 2.91. The van der Waals surface area contributed by atoms with E-state index in [1.165, 1.54) is 14.2 Å². The van der Waals surface area contributed by atoms with Crippen molar-refractivity contribution in [3.05, 3.63) is 42.0 Å². The molecule has 0 aromatic heterocycles. The van der Waals surface area contributed by atoms with E-state index in [9.17, 15) is 4.79 Å². The summed E-state index contributed by atoms with van der Waals surface area (Å²) in [5, 5.41) is 5.58. The zero-order valence-corrected chi connectivity index (χ0v) is 11.5. The minimum Gasteiger partial charge on any atom is -0.497 e. The Morgan fingerprint density at radius 1 is 1.10 bits per heavy atom. The summed E-state index contributed by atoms with van der Waals surface area (Å²) in [4.78, 5) is 16.6. The molecule has 0 saturated heterocycles. The van der Waals surface area contributed by atoms with Gasteiger partial charge in [-0.15, -0.1) is 0 Å². The van der Waals surface area contributed by atoms with Crippen LogP contribution >= 0.6 is 0 Å². The highest BCUT2D eigenvalue weighted by atomic mass is 16.6. The summed E-state index contributed by atoms with van der Waals surface area (Å²) in [6.45, 7) is 0. The number of carbonyl (C=O) groups is 1. The lowest BCUT2D eigenvalue weighted by molar-refractivity contribution is -0.132. The first-order chi connectivity index (χ1) is 9.71. The fourth-order valence-corrected chi connectivity index (χ4v) is 1.97. The van der Waals surface area contributed by atoms with E-state index in [4.69, 9.17) is 14.3 Å².